The molecule has 1 aliphatic heterocycles. The fraction of sp³-hybridized carbons (Fsp3) is 0.261. The predicted octanol–water partition coefficient (Wildman–Crippen LogP) is 4.18. The minimum Gasteiger partial charge on any atom is -0.481 e. The van der Waals surface area contributed by atoms with Gasteiger partial charge in [-0.3, -0.25) is 9.52 Å². The SMILES string of the molecule is Cc1ccccc1-c1cc(NS(=O)(=O)c2ccnc(N3CC[C@@H](C(=O)O)C3)c2)ncc1C(F)(F)F. The third kappa shape index (κ3) is 5.21. The number of aryl methyl sites for hydroxylation is 1. The number of nitrogens with zero attached hydrogens (tertiary/aromatic N) is 3. The number of hydrogen-bond acceptors (Lipinski definition) is 6. The molecule has 0 unspecified atom stereocenters. The van der Waals surface area contributed by atoms with Crippen LogP contribution in [0.15, 0.2) is 59.8 Å². The first kappa shape index (κ1) is 24.5. The highest BCUT2D eigenvalue weighted by molar-refractivity contribution is 7.92. The Morgan fingerprint density at radius 2 is 1.89 bits per heavy atom. The number of carboxylic acids is 1. The molecule has 2 N–H and O–H groups in total. The molecule has 1 aromatic carbocycles. The number of hydrogen-bond donors (Lipinski definition) is 2. The van der Waals surface area contributed by atoms with Gasteiger partial charge in [0, 0.05) is 31.5 Å². The summed E-state index contributed by atoms with van der Waals surface area (Å²) in [5.41, 5.74) is -0.295. The molecule has 3 heterocycles. The number of benzene rings is 1. The first-order chi connectivity index (χ1) is 16.5. The molecule has 0 bridgehead atoms. The number of aliphatic carboxylic acids is 1. The molecule has 8 nitrogen and oxygen atoms in total. The van der Waals surface area contributed by atoms with Crippen molar-refractivity contribution in [1.82, 2.24) is 9.97 Å². The minimum absolute atomic E-state index is 0.180. The third-order valence-electron chi connectivity index (χ3n) is 5.77. The Morgan fingerprint density at radius 1 is 1.14 bits per heavy atom. The molecular formula is C23H21F3N4O4S. The summed E-state index contributed by atoms with van der Waals surface area (Å²) in [6.45, 7) is 2.26. The average Bonchev–Trinajstić information content (AvgIpc) is 3.29. The number of aromatic nitrogens is 2. The molecule has 35 heavy (non-hydrogen) atoms. The average molecular weight is 507 g/mol. The Balaban J connectivity index is 1.66. The second-order valence-corrected chi connectivity index (χ2v) is 9.84. The largest absolute Gasteiger partial charge is 0.481 e. The van der Waals surface area contributed by atoms with Crippen LogP contribution >= 0.6 is 0 Å². The molecule has 2 aromatic heterocycles. The zero-order valence-corrected chi connectivity index (χ0v) is 19.3. The second kappa shape index (κ2) is 9.17. The van der Waals surface area contributed by atoms with Crippen LogP contribution in [0.1, 0.15) is 17.5 Å². The van der Waals surface area contributed by atoms with Gasteiger partial charge in [0.15, 0.2) is 0 Å². The molecule has 4 rings (SSSR count). The topological polar surface area (TPSA) is 112 Å². The van der Waals surface area contributed by atoms with Crippen molar-refractivity contribution < 1.29 is 31.5 Å². The number of sulfonamides is 1. The molecule has 1 aliphatic rings. The van der Waals surface area contributed by atoms with E-state index in [2.05, 4.69) is 14.7 Å². The van der Waals surface area contributed by atoms with Crippen LogP contribution in [0.4, 0.5) is 24.8 Å². The highest BCUT2D eigenvalue weighted by atomic mass is 32.2. The van der Waals surface area contributed by atoms with Crippen LogP contribution < -0.4 is 9.62 Å². The van der Waals surface area contributed by atoms with Crippen molar-refractivity contribution in [3.8, 4) is 11.1 Å². The lowest BCUT2D eigenvalue weighted by Crippen LogP contribution is -2.24. The Kier molecular flexibility index (Phi) is 6.41. The van der Waals surface area contributed by atoms with Crippen molar-refractivity contribution in [1.29, 1.82) is 0 Å². The van der Waals surface area contributed by atoms with E-state index in [0.717, 1.165) is 6.07 Å². The summed E-state index contributed by atoms with van der Waals surface area (Å²) in [5, 5.41) is 9.19. The number of carbonyl (C=O) groups is 1. The van der Waals surface area contributed by atoms with Crippen LogP contribution in [0, 0.1) is 12.8 Å². The van der Waals surface area contributed by atoms with Gasteiger partial charge in [0.25, 0.3) is 10.0 Å². The molecule has 12 heteroatoms. The fourth-order valence-corrected chi connectivity index (χ4v) is 4.95. The van der Waals surface area contributed by atoms with Crippen LogP contribution in [0.2, 0.25) is 0 Å². The van der Waals surface area contributed by atoms with E-state index in [1.165, 1.54) is 24.4 Å². The maximum absolute atomic E-state index is 13.6. The quantitative estimate of drug-likeness (QED) is 0.516. The van der Waals surface area contributed by atoms with E-state index in [-0.39, 0.29) is 28.6 Å². The van der Waals surface area contributed by atoms with Gasteiger partial charge in [0.05, 0.1) is 16.4 Å². The molecule has 3 aromatic rings. The number of halogens is 3. The third-order valence-corrected chi connectivity index (χ3v) is 7.12. The van der Waals surface area contributed by atoms with Gasteiger partial charge in [-0.1, -0.05) is 24.3 Å². The van der Waals surface area contributed by atoms with E-state index in [9.17, 15) is 31.5 Å². The summed E-state index contributed by atoms with van der Waals surface area (Å²) in [4.78, 5) is 20.5. The van der Waals surface area contributed by atoms with Crippen molar-refractivity contribution in [3.63, 3.8) is 0 Å². The van der Waals surface area contributed by atoms with E-state index in [1.807, 2.05) is 0 Å². The molecule has 0 spiro atoms. The zero-order chi connectivity index (χ0) is 25.4. The van der Waals surface area contributed by atoms with Gasteiger partial charge in [-0.15, -0.1) is 0 Å². The fourth-order valence-electron chi connectivity index (χ4n) is 3.94. The van der Waals surface area contributed by atoms with Crippen LogP contribution in [0.3, 0.4) is 0 Å². The van der Waals surface area contributed by atoms with E-state index < -0.39 is 33.7 Å². The highest BCUT2D eigenvalue weighted by Crippen LogP contribution is 2.39. The summed E-state index contributed by atoms with van der Waals surface area (Å²) in [5.74, 6) is -1.50. The predicted molar refractivity (Wildman–Crippen MR) is 122 cm³/mol. The van der Waals surface area contributed by atoms with Gasteiger partial charge in [0.2, 0.25) is 0 Å². The van der Waals surface area contributed by atoms with E-state index in [4.69, 9.17) is 0 Å². The molecule has 184 valence electrons. The van der Waals surface area contributed by atoms with Gasteiger partial charge < -0.3 is 10.0 Å². The highest BCUT2D eigenvalue weighted by Gasteiger charge is 2.35. The Bertz CT molecular complexity index is 1380. The second-order valence-electron chi connectivity index (χ2n) is 8.15. The zero-order valence-electron chi connectivity index (χ0n) is 18.5. The molecule has 1 fully saturated rings. The van der Waals surface area contributed by atoms with E-state index in [1.54, 1.807) is 30.0 Å². The Hall–Kier alpha value is -3.67. The molecule has 1 saturated heterocycles. The van der Waals surface area contributed by atoms with Crippen molar-refractivity contribution >= 4 is 27.6 Å². The van der Waals surface area contributed by atoms with Crippen molar-refractivity contribution in [2.75, 3.05) is 22.7 Å². The lowest BCUT2D eigenvalue weighted by molar-refractivity contribution is -0.141. The van der Waals surface area contributed by atoms with Gasteiger partial charge >= 0.3 is 12.1 Å². The first-order valence-corrected chi connectivity index (χ1v) is 12.0. The molecular weight excluding hydrogens is 485 g/mol. The van der Waals surface area contributed by atoms with Crippen LogP contribution in [-0.2, 0) is 21.0 Å². The molecule has 1 atom stereocenters. The molecule has 0 saturated carbocycles. The van der Waals surface area contributed by atoms with Crippen molar-refractivity contribution in [2.24, 2.45) is 5.92 Å². The summed E-state index contributed by atoms with van der Waals surface area (Å²) in [7, 11) is -4.23. The maximum Gasteiger partial charge on any atom is 0.418 e. The van der Waals surface area contributed by atoms with Gasteiger partial charge in [0.1, 0.15) is 11.6 Å². The number of nitrogens with one attached hydrogen (secondary N) is 1. The van der Waals surface area contributed by atoms with Gasteiger partial charge in [-0.05, 0) is 42.2 Å². The minimum atomic E-state index is -4.69. The number of pyridine rings is 2. The Morgan fingerprint density at radius 3 is 2.54 bits per heavy atom. The van der Waals surface area contributed by atoms with Gasteiger partial charge in [-0.25, -0.2) is 18.4 Å². The molecule has 0 aliphatic carbocycles. The Labute approximate surface area is 199 Å². The summed E-state index contributed by atoms with van der Waals surface area (Å²) in [6, 6.07) is 10.1. The normalized spacial score (nSPS) is 16.3. The van der Waals surface area contributed by atoms with Crippen LogP contribution in [0.25, 0.3) is 11.1 Å². The summed E-state index contributed by atoms with van der Waals surface area (Å²) in [6.07, 6.45) is -2.40. The number of carboxylic acid groups (broad SMARTS) is 1. The lowest BCUT2D eigenvalue weighted by Gasteiger charge is -2.18. The molecule has 0 amide bonds. The number of anilines is 2. The summed E-state index contributed by atoms with van der Waals surface area (Å²) >= 11 is 0. The molecule has 0 radical (unpaired) electrons. The van der Waals surface area contributed by atoms with Crippen LogP contribution in [0.5, 0.6) is 0 Å². The van der Waals surface area contributed by atoms with Gasteiger partial charge in [-0.2, -0.15) is 13.2 Å². The van der Waals surface area contributed by atoms with E-state index in [0.29, 0.717) is 30.3 Å². The monoisotopic (exact) mass is 506 g/mol. The number of rotatable bonds is 6. The standard InChI is InChI=1S/C23H21F3N4O4S/c1-14-4-2-3-5-17(14)18-11-20(28-12-19(18)23(24,25)26)29-35(33,34)16-6-8-27-21(10-16)30-9-7-15(13-30)22(31)32/h2-6,8,10-12,15H,7,9,13H2,1H3,(H,28,29)(H,31,32)/t15-/m1/s1. The lowest BCUT2D eigenvalue weighted by atomic mass is 9.97. The van der Waals surface area contributed by atoms with Crippen molar-refractivity contribution in [2.45, 2.75) is 24.4 Å². The maximum atomic E-state index is 13.6. The smallest absolute Gasteiger partial charge is 0.418 e. The van der Waals surface area contributed by atoms with E-state index >= 15 is 0 Å². The number of alkyl halides is 3. The first-order valence-electron chi connectivity index (χ1n) is 10.6. The van der Waals surface area contributed by atoms with Crippen LogP contribution in [-0.4, -0.2) is 42.6 Å². The van der Waals surface area contributed by atoms with Crippen molar-refractivity contribution in [3.05, 3.63) is 66.0 Å². The summed E-state index contributed by atoms with van der Waals surface area (Å²) < 4.78 is 69.2.